The van der Waals surface area contributed by atoms with E-state index < -0.39 is 0 Å². The average Bonchev–Trinajstić information content (AvgIpc) is 3.03. The maximum atomic E-state index is 13.6. The van der Waals surface area contributed by atoms with Crippen LogP contribution in [0.5, 0.6) is 5.75 Å². The van der Waals surface area contributed by atoms with E-state index in [1.807, 2.05) is 43.3 Å². The van der Waals surface area contributed by atoms with Crippen LogP contribution < -0.4 is 15.0 Å². The molecule has 2 aliphatic heterocycles. The van der Waals surface area contributed by atoms with Crippen molar-refractivity contribution < 1.29 is 14.3 Å². The molecule has 158 valence electrons. The summed E-state index contributed by atoms with van der Waals surface area (Å²) in [5, 5.41) is 2.86. The van der Waals surface area contributed by atoms with Crippen molar-refractivity contribution in [1.82, 2.24) is 4.90 Å². The number of ether oxygens (including phenoxy) is 1. The molecular weight excluding hydrogens is 378 g/mol. The largest absolute Gasteiger partial charge is 0.497 e. The molecule has 0 aliphatic carbocycles. The van der Waals surface area contributed by atoms with Gasteiger partial charge in [-0.15, -0.1) is 0 Å². The number of carbonyl (C=O) groups is 2. The van der Waals surface area contributed by atoms with Gasteiger partial charge in [0.1, 0.15) is 12.3 Å². The summed E-state index contributed by atoms with van der Waals surface area (Å²) in [4.78, 5) is 29.7. The number of rotatable bonds is 4. The summed E-state index contributed by atoms with van der Waals surface area (Å²) in [5.74, 6) is 0.647. The van der Waals surface area contributed by atoms with Gasteiger partial charge in [0.2, 0.25) is 11.8 Å². The first kappa shape index (κ1) is 20.4. The second-order valence-corrected chi connectivity index (χ2v) is 8.04. The van der Waals surface area contributed by atoms with Gasteiger partial charge in [-0.1, -0.05) is 37.1 Å². The monoisotopic (exact) mass is 407 g/mol. The van der Waals surface area contributed by atoms with Crippen molar-refractivity contribution >= 4 is 23.2 Å². The van der Waals surface area contributed by atoms with Gasteiger partial charge in [-0.25, -0.2) is 0 Å². The maximum Gasteiger partial charge on any atom is 0.244 e. The van der Waals surface area contributed by atoms with Gasteiger partial charge in [-0.2, -0.15) is 0 Å². The number of fused-ring (bicyclic) bond motifs is 1. The van der Waals surface area contributed by atoms with Gasteiger partial charge in [0.25, 0.3) is 0 Å². The minimum absolute atomic E-state index is 0.0299. The number of carbonyl (C=O) groups excluding carboxylic acids is 2. The van der Waals surface area contributed by atoms with Crippen molar-refractivity contribution in [2.75, 3.05) is 30.4 Å². The normalized spacial score (nSPS) is 20.7. The van der Waals surface area contributed by atoms with Crippen molar-refractivity contribution in [2.45, 2.75) is 44.7 Å². The maximum absolute atomic E-state index is 13.6. The summed E-state index contributed by atoms with van der Waals surface area (Å²) in [6, 6.07) is 15.5. The molecule has 0 bridgehead atoms. The number of benzene rings is 2. The Bertz CT molecular complexity index is 912. The van der Waals surface area contributed by atoms with Crippen LogP contribution in [-0.2, 0) is 9.59 Å². The van der Waals surface area contributed by atoms with Crippen LogP contribution in [0.15, 0.2) is 48.5 Å². The Morgan fingerprint density at radius 3 is 2.63 bits per heavy atom. The zero-order valence-electron chi connectivity index (χ0n) is 17.6. The van der Waals surface area contributed by atoms with Gasteiger partial charge in [-0.3, -0.25) is 19.4 Å². The van der Waals surface area contributed by atoms with Gasteiger partial charge >= 0.3 is 0 Å². The number of nitrogens with zero attached hydrogens (tertiary/aromatic N) is 2. The van der Waals surface area contributed by atoms with Gasteiger partial charge in [0, 0.05) is 6.04 Å². The highest BCUT2D eigenvalue weighted by molar-refractivity contribution is 6.11. The summed E-state index contributed by atoms with van der Waals surface area (Å²) in [6.07, 6.45) is 4.39. The highest BCUT2D eigenvalue weighted by atomic mass is 16.5. The number of likely N-dealkylation sites (tertiary alicyclic amines) is 1. The smallest absolute Gasteiger partial charge is 0.244 e. The van der Waals surface area contributed by atoms with Crippen molar-refractivity contribution in [3.05, 3.63) is 54.1 Å². The van der Waals surface area contributed by atoms with Crippen LogP contribution in [0.3, 0.4) is 0 Å². The van der Waals surface area contributed by atoms with Crippen LogP contribution >= 0.6 is 0 Å². The Hall–Kier alpha value is -2.86. The second kappa shape index (κ2) is 8.88. The van der Waals surface area contributed by atoms with Crippen molar-refractivity contribution in [2.24, 2.45) is 0 Å². The van der Waals surface area contributed by atoms with Gasteiger partial charge < -0.3 is 10.1 Å². The fourth-order valence-electron chi connectivity index (χ4n) is 4.58. The Kier molecular flexibility index (Phi) is 6.04. The van der Waals surface area contributed by atoms with Crippen LogP contribution in [0.1, 0.15) is 44.2 Å². The van der Waals surface area contributed by atoms with Crippen LogP contribution in [0.4, 0.5) is 11.4 Å². The van der Waals surface area contributed by atoms with E-state index in [0.29, 0.717) is 5.69 Å². The molecule has 6 heteroatoms. The molecule has 1 N–H and O–H groups in total. The van der Waals surface area contributed by atoms with E-state index in [1.165, 1.54) is 12.0 Å². The second-order valence-electron chi connectivity index (χ2n) is 8.04. The average molecular weight is 408 g/mol. The molecule has 0 saturated carbocycles. The summed E-state index contributed by atoms with van der Waals surface area (Å²) >= 11 is 0. The Labute approximate surface area is 177 Å². The first-order chi connectivity index (χ1) is 14.6. The zero-order valence-corrected chi connectivity index (χ0v) is 17.6. The van der Waals surface area contributed by atoms with E-state index in [2.05, 4.69) is 22.3 Å². The molecule has 4 rings (SSSR count). The lowest BCUT2D eigenvalue weighted by molar-refractivity contribution is -0.126. The van der Waals surface area contributed by atoms with E-state index in [1.54, 1.807) is 12.0 Å². The predicted octanol–water partition coefficient (Wildman–Crippen LogP) is 3.99. The third kappa shape index (κ3) is 4.05. The van der Waals surface area contributed by atoms with Gasteiger partial charge in [-0.05, 0) is 56.1 Å². The molecule has 0 spiro atoms. The van der Waals surface area contributed by atoms with E-state index in [4.69, 9.17) is 4.74 Å². The van der Waals surface area contributed by atoms with Crippen molar-refractivity contribution in [1.29, 1.82) is 0 Å². The standard InChI is InChI=1S/C24H29N3O3/c1-17(24(29)27-16-23(28)25-20-8-5-6-10-22(20)27)26-15-7-3-4-9-21(26)18-11-13-19(30-2)14-12-18/h5-6,8,10-14,17,21H,3-4,7,9,15-16H2,1-2H3,(H,25,28)/t17-,21+/m1/s1. The number of hydrogen-bond donors (Lipinski definition) is 1. The Morgan fingerprint density at radius 1 is 1.10 bits per heavy atom. The van der Waals surface area contributed by atoms with Crippen LogP contribution in [-0.4, -0.2) is 43.0 Å². The molecule has 2 aromatic carbocycles. The molecule has 1 fully saturated rings. The quantitative estimate of drug-likeness (QED) is 0.833. The predicted molar refractivity (Wildman–Crippen MR) is 118 cm³/mol. The molecule has 2 heterocycles. The molecular formula is C24H29N3O3. The summed E-state index contributed by atoms with van der Waals surface area (Å²) < 4.78 is 5.30. The van der Waals surface area contributed by atoms with Crippen LogP contribution in [0.2, 0.25) is 0 Å². The number of hydrogen-bond acceptors (Lipinski definition) is 4. The molecule has 0 unspecified atom stereocenters. The van der Waals surface area contributed by atoms with Gasteiger partial charge in [0.05, 0.1) is 24.5 Å². The lowest BCUT2D eigenvalue weighted by Crippen LogP contribution is -2.52. The minimum Gasteiger partial charge on any atom is -0.497 e. The first-order valence-electron chi connectivity index (χ1n) is 10.7. The van der Waals surface area contributed by atoms with Crippen LogP contribution in [0.25, 0.3) is 0 Å². The zero-order chi connectivity index (χ0) is 21.1. The molecule has 0 aromatic heterocycles. The number of nitrogens with one attached hydrogen (secondary N) is 1. The molecule has 2 atom stereocenters. The Balaban J connectivity index is 1.61. The molecule has 0 radical (unpaired) electrons. The lowest BCUT2D eigenvalue weighted by atomic mass is 9.99. The SMILES string of the molecule is COc1ccc([C@@H]2CCCCCN2[C@H](C)C(=O)N2CC(=O)Nc3ccccc32)cc1. The fourth-order valence-corrected chi connectivity index (χ4v) is 4.58. The van der Waals surface area contributed by atoms with Crippen molar-refractivity contribution in [3.8, 4) is 5.75 Å². The molecule has 2 amide bonds. The van der Waals surface area contributed by atoms with Gasteiger partial charge in [0.15, 0.2) is 0 Å². The van der Waals surface area contributed by atoms with E-state index in [0.717, 1.165) is 37.2 Å². The number of anilines is 2. The number of para-hydroxylation sites is 2. The molecule has 2 aliphatic rings. The third-order valence-corrected chi connectivity index (χ3v) is 6.19. The third-order valence-electron chi connectivity index (χ3n) is 6.19. The number of methoxy groups -OCH3 is 1. The van der Waals surface area contributed by atoms with E-state index in [9.17, 15) is 9.59 Å². The highest BCUT2D eigenvalue weighted by Gasteiger charge is 2.35. The molecule has 30 heavy (non-hydrogen) atoms. The summed E-state index contributed by atoms with van der Waals surface area (Å²) in [7, 11) is 1.67. The van der Waals surface area contributed by atoms with Crippen LogP contribution in [0, 0.1) is 0 Å². The molecule has 6 nitrogen and oxygen atoms in total. The summed E-state index contributed by atoms with van der Waals surface area (Å²) in [6.45, 7) is 2.89. The topological polar surface area (TPSA) is 61.9 Å². The molecule has 2 aromatic rings. The van der Waals surface area contributed by atoms with E-state index in [-0.39, 0.29) is 30.4 Å². The van der Waals surface area contributed by atoms with Crippen molar-refractivity contribution in [3.63, 3.8) is 0 Å². The lowest BCUT2D eigenvalue weighted by Gasteiger charge is -2.38. The summed E-state index contributed by atoms with van der Waals surface area (Å²) in [5.41, 5.74) is 2.66. The number of amides is 2. The Morgan fingerprint density at radius 2 is 1.87 bits per heavy atom. The minimum atomic E-state index is -0.325. The first-order valence-corrected chi connectivity index (χ1v) is 10.7. The fraction of sp³-hybridized carbons (Fsp3) is 0.417. The molecule has 1 saturated heterocycles. The van der Waals surface area contributed by atoms with E-state index >= 15 is 0 Å². The highest BCUT2D eigenvalue weighted by Crippen LogP contribution is 2.35.